The second-order valence-corrected chi connectivity index (χ2v) is 4.55. The lowest BCUT2D eigenvalue weighted by atomic mass is 10.0. The zero-order valence-corrected chi connectivity index (χ0v) is 9.20. The van der Waals surface area contributed by atoms with Crippen LogP contribution in [0.25, 0.3) is 0 Å². The molecular weight excluding hydrogens is 190 g/mol. The van der Waals surface area contributed by atoms with Crippen molar-refractivity contribution in [2.24, 2.45) is 0 Å². The third-order valence-corrected chi connectivity index (χ3v) is 2.57. The van der Waals surface area contributed by atoms with Crippen LogP contribution in [0.5, 0.6) is 0 Å². The fourth-order valence-corrected chi connectivity index (χ4v) is 1.84. The van der Waals surface area contributed by atoms with Crippen LogP contribution < -0.4 is 16.0 Å². The van der Waals surface area contributed by atoms with Crippen molar-refractivity contribution in [3.05, 3.63) is 12.1 Å². The number of nitrogens with two attached hydrogens (primary N) is 1. The minimum atomic E-state index is 0.126. The fraction of sp³-hybridized carbons (Fsp3) is 0.600. The Hall–Kier alpha value is -1.36. The molecule has 1 aromatic heterocycles. The Kier molecular flexibility index (Phi) is 2.48. The zero-order chi connectivity index (χ0) is 10.9. The maximum absolute atomic E-state index is 5.51. The van der Waals surface area contributed by atoms with E-state index in [4.69, 9.17) is 5.73 Å². The van der Waals surface area contributed by atoms with Crippen LogP contribution in [0, 0.1) is 0 Å². The summed E-state index contributed by atoms with van der Waals surface area (Å²) in [4.78, 5) is 2.23. The van der Waals surface area contributed by atoms with Crippen LogP contribution >= 0.6 is 0 Å². The van der Waals surface area contributed by atoms with E-state index in [9.17, 15) is 0 Å². The minimum absolute atomic E-state index is 0.126. The molecule has 5 nitrogen and oxygen atoms in total. The average Bonchev–Trinajstić information content (AvgIpc) is 2.17. The van der Waals surface area contributed by atoms with Crippen LogP contribution in [-0.2, 0) is 0 Å². The molecule has 0 amide bonds. The Labute approximate surface area is 89.7 Å². The summed E-state index contributed by atoms with van der Waals surface area (Å²) >= 11 is 0. The van der Waals surface area contributed by atoms with Gasteiger partial charge < -0.3 is 16.0 Å². The highest BCUT2D eigenvalue weighted by molar-refractivity contribution is 5.42. The second kappa shape index (κ2) is 3.66. The maximum Gasteiger partial charge on any atom is 0.151 e. The van der Waals surface area contributed by atoms with E-state index < -0.39 is 0 Å². The first-order valence-electron chi connectivity index (χ1n) is 5.16. The van der Waals surface area contributed by atoms with Crippen molar-refractivity contribution < 1.29 is 0 Å². The molecule has 0 aromatic carbocycles. The molecule has 1 aliphatic rings. The van der Waals surface area contributed by atoms with Crippen LogP contribution in [0.4, 0.5) is 11.6 Å². The summed E-state index contributed by atoms with van der Waals surface area (Å²) in [5.41, 5.74) is 5.63. The molecule has 5 heteroatoms. The molecule has 1 aliphatic heterocycles. The van der Waals surface area contributed by atoms with Crippen LogP contribution in [0.1, 0.15) is 13.8 Å². The minimum Gasteiger partial charge on any atom is -0.382 e. The Morgan fingerprint density at radius 2 is 2.20 bits per heavy atom. The largest absolute Gasteiger partial charge is 0.382 e. The topological polar surface area (TPSA) is 67.1 Å². The molecule has 0 saturated carbocycles. The van der Waals surface area contributed by atoms with Crippen molar-refractivity contribution in [1.82, 2.24) is 15.5 Å². The van der Waals surface area contributed by atoms with Gasteiger partial charge in [-0.25, -0.2) is 0 Å². The molecule has 2 heterocycles. The first kappa shape index (κ1) is 10.2. The monoisotopic (exact) mass is 207 g/mol. The van der Waals surface area contributed by atoms with E-state index in [1.165, 1.54) is 0 Å². The summed E-state index contributed by atoms with van der Waals surface area (Å²) in [6.07, 6.45) is 0. The number of nitrogens with one attached hydrogen (secondary N) is 1. The number of aromatic nitrogens is 2. The molecule has 0 atom stereocenters. The van der Waals surface area contributed by atoms with Gasteiger partial charge in [0, 0.05) is 25.2 Å². The van der Waals surface area contributed by atoms with Gasteiger partial charge in [-0.3, -0.25) is 0 Å². The van der Waals surface area contributed by atoms with Crippen molar-refractivity contribution in [3.8, 4) is 0 Å². The van der Waals surface area contributed by atoms with Crippen LogP contribution in [0.2, 0.25) is 0 Å². The molecule has 1 saturated heterocycles. The number of hydrogen-bond acceptors (Lipinski definition) is 5. The van der Waals surface area contributed by atoms with Crippen LogP contribution in [0.3, 0.4) is 0 Å². The Morgan fingerprint density at radius 3 is 2.80 bits per heavy atom. The van der Waals surface area contributed by atoms with Crippen LogP contribution in [0.15, 0.2) is 12.1 Å². The van der Waals surface area contributed by atoms with Gasteiger partial charge in [0.2, 0.25) is 0 Å². The summed E-state index contributed by atoms with van der Waals surface area (Å²) in [6, 6.07) is 3.71. The predicted octanol–water partition coefficient (Wildman–Crippen LogP) is 0.247. The number of piperazine rings is 1. The summed E-state index contributed by atoms with van der Waals surface area (Å²) in [6.45, 7) is 7.24. The highest BCUT2D eigenvalue weighted by Gasteiger charge is 2.26. The van der Waals surface area contributed by atoms with Gasteiger partial charge in [0.1, 0.15) is 5.82 Å². The van der Waals surface area contributed by atoms with Crippen molar-refractivity contribution in [3.63, 3.8) is 0 Å². The quantitative estimate of drug-likeness (QED) is 0.691. The smallest absolute Gasteiger partial charge is 0.151 e. The SMILES string of the molecule is CC1(C)CN(c2ccc(N)nn2)CCN1. The molecule has 2 rings (SSSR count). The van der Waals surface area contributed by atoms with E-state index in [-0.39, 0.29) is 5.54 Å². The summed E-state index contributed by atoms with van der Waals surface area (Å²) in [5, 5.41) is 11.4. The molecule has 3 N–H and O–H groups in total. The summed E-state index contributed by atoms with van der Waals surface area (Å²) < 4.78 is 0. The van der Waals surface area contributed by atoms with Gasteiger partial charge in [0.25, 0.3) is 0 Å². The zero-order valence-electron chi connectivity index (χ0n) is 9.20. The van der Waals surface area contributed by atoms with E-state index in [1.807, 2.05) is 6.07 Å². The Bertz CT molecular complexity index is 332. The van der Waals surface area contributed by atoms with Gasteiger partial charge in [-0.15, -0.1) is 10.2 Å². The number of rotatable bonds is 1. The lowest BCUT2D eigenvalue weighted by Crippen LogP contribution is -2.57. The van der Waals surface area contributed by atoms with Gasteiger partial charge in [-0.2, -0.15) is 0 Å². The molecule has 15 heavy (non-hydrogen) atoms. The molecule has 0 bridgehead atoms. The van der Waals surface area contributed by atoms with Gasteiger partial charge in [0.05, 0.1) is 0 Å². The van der Waals surface area contributed by atoms with E-state index in [0.29, 0.717) is 5.82 Å². The predicted molar refractivity (Wildman–Crippen MR) is 60.7 cm³/mol. The number of hydrogen-bond donors (Lipinski definition) is 2. The number of nitrogen functional groups attached to an aromatic ring is 1. The number of anilines is 2. The maximum atomic E-state index is 5.51. The van der Waals surface area contributed by atoms with Gasteiger partial charge in [0.15, 0.2) is 5.82 Å². The first-order chi connectivity index (χ1) is 7.07. The van der Waals surface area contributed by atoms with Gasteiger partial charge >= 0.3 is 0 Å². The standard InChI is InChI=1S/C10H17N5/c1-10(2)7-15(6-5-12-10)9-4-3-8(11)13-14-9/h3-4,12H,5-7H2,1-2H3,(H2,11,13). The second-order valence-electron chi connectivity index (χ2n) is 4.55. The van der Waals surface area contributed by atoms with Crippen molar-refractivity contribution in [1.29, 1.82) is 0 Å². The van der Waals surface area contributed by atoms with Crippen molar-refractivity contribution in [2.45, 2.75) is 19.4 Å². The lowest BCUT2D eigenvalue weighted by molar-refractivity contribution is 0.351. The van der Waals surface area contributed by atoms with Gasteiger partial charge in [-0.1, -0.05) is 0 Å². The lowest BCUT2D eigenvalue weighted by Gasteiger charge is -2.39. The number of nitrogens with zero attached hydrogens (tertiary/aromatic N) is 3. The molecule has 82 valence electrons. The molecule has 1 fully saturated rings. The Balaban J connectivity index is 2.13. The van der Waals surface area contributed by atoms with Gasteiger partial charge in [-0.05, 0) is 26.0 Å². The Morgan fingerprint density at radius 1 is 1.40 bits per heavy atom. The third kappa shape index (κ3) is 2.36. The van der Waals surface area contributed by atoms with E-state index >= 15 is 0 Å². The summed E-state index contributed by atoms with van der Waals surface area (Å²) in [5.74, 6) is 1.37. The highest BCUT2D eigenvalue weighted by Crippen LogP contribution is 2.17. The van der Waals surface area contributed by atoms with E-state index in [2.05, 4.69) is 34.3 Å². The average molecular weight is 207 g/mol. The molecule has 0 radical (unpaired) electrons. The molecule has 0 aliphatic carbocycles. The van der Waals surface area contributed by atoms with Crippen LogP contribution in [-0.4, -0.2) is 35.4 Å². The normalized spacial score (nSPS) is 20.3. The van der Waals surface area contributed by atoms with E-state index in [0.717, 1.165) is 25.5 Å². The fourth-order valence-electron chi connectivity index (χ4n) is 1.84. The first-order valence-corrected chi connectivity index (χ1v) is 5.16. The molecule has 0 spiro atoms. The molecule has 1 aromatic rings. The molecular formula is C10H17N5. The highest BCUT2D eigenvalue weighted by atomic mass is 15.3. The molecule has 0 unspecified atom stereocenters. The van der Waals surface area contributed by atoms with Crippen molar-refractivity contribution >= 4 is 11.6 Å². The van der Waals surface area contributed by atoms with Crippen molar-refractivity contribution in [2.75, 3.05) is 30.3 Å². The van der Waals surface area contributed by atoms with E-state index in [1.54, 1.807) is 6.07 Å². The third-order valence-electron chi connectivity index (χ3n) is 2.57. The summed E-state index contributed by atoms with van der Waals surface area (Å²) in [7, 11) is 0.